The van der Waals surface area contributed by atoms with Crippen molar-refractivity contribution in [3.05, 3.63) is 0 Å². The fourth-order valence-corrected chi connectivity index (χ4v) is 2.57. The van der Waals surface area contributed by atoms with Gasteiger partial charge in [-0.2, -0.15) is 11.8 Å². The summed E-state index contributed by atoms with van der Waals surface area (Å²) in [5.41, 5.74) is 0. The monoisotopic (exact) mass is 232 g/mol. The van der Waals surface area contributed by atoms with E-state index >= 15 is 0 Å². The van der Waals surface area contributed by atoms with Gasteiger partial charge in [0.25, 0.3) is 0 Å². The molecule has 1 rings (SSSR count). The average molecular weight is 232 g/mol. The highest BCUT2D eigenvalue weighted by atomic mass is 32.2. The van der Waals surface area contributed by atoms with Crippen LogP contribution in [0.5, 0.6) is 0 Å². The predicted octanol–water partition coefficient (Wildman–Crippen LogP) is 0.606. The van der Waals surface area contributed by atoms with Crippen LogP contribution in [-0.4, -0.2) is 52.1 Å². The zero-order chi connectivity index (χ0) is 11.4. The molecular weight excluding hydrogens is 216 g/mol. The van der Waals surface area contributed by atoms with E-state index in [-0.39, 0.29) is 18.6 Å². The Morgan fingerprint density at radius 3 is 2.80 bits per heavy atom. The van der Waals surface area contributed by atoms with Crippen LogP contribution in [0.25, 0.3) is 0 Å². The normalized spacial score (nSPS) is 26.1. The molecule has 2 unspecified atom stereocenters. The van der Waals surface area contributed by atoms with E-state index in [1.54, 1.807) is 4.90 Å². The van der Waals surface area contributed by atoms with Gasteiger partial charge in [-0.05, 0) is 6.92 Å². The molecule has 0 saturated carbocycles. The number of aliphatic carboxylic acids is 1. The molecule has 0 aromatic carbocycles. The first-order chi connectivity index (χ1) is 7.02. The van der Waals surface area contributed by atoms with Gasteiger partial charge in [-0.25, -0.2) is 4.79 Å². The third-order valence-corrected chi connectivity index (χ3v) is 3.87. The van der Waals surface area contributed by atoms with Gasteiger partial charge in [-0.15, -0.1) is 0 Å². The van der Waals surface area contributed by atoms with Crippen LogP contribution in [-0.2, 0) is 4.79 Å². The Bertz CT molecular complexity index is 260. The molecule has 0 aromatic rings. The molecule has 0 radical (unpaired) electrons. The maximum atomic E-state index is 11.6. The lowest BCUT2D eigenvalue weighted by Crippen LogP contribution is -2.52. The maximum absolute atomic E-state index is 11.6. The van der Waals surface area contributed by atoms with Gasteiger partial charge in [0.15, 0.2) is 0 Å². The number of nitrogens with one attached hydrogen (secondary N) is 1. The largest absolute Gasteiger partial charge is 0.480 e. The zero-order valence-electron chi connectivity index (χ0n) is 8.90. The van der Waals surface area contributed by atoms with Crippen molar-refractivity contribution in [1.29, 1.82) is 0 Å². The molecule has 1 heterocycles. The molecule has 0 spiro atoms. The number of carboxylic acid groups (broad SMARTS) is 1. The SMILES string of the molecule is CC1SCCN(C(=O)NCC(=O)O)C1C. The molecule has 0 bridgehead atoms. The van der Waals surface area contributed by atoms with E-state index in [1.807, 2.05) is 18.7 Å². The number of thioether (sulfide) groups is 1. The first-order valence-electron chi connectivity index (χ1n) is 4.90. The highest BCUT2D eigenvalue weighted by Gasteiger charge is 2.28. The quantitative estimate of drug-likeness (QED) is 0.731. The van der Waals surface area contributed by atoms with E-state index in [4.69, 9.17) is 5.11 Å². The van der Waals surface area contributed by atoms with Gasteiger partial charge in [-0.1, -0.05) is 6.92 Å². The maximum Gasteiger partial charge on any atom is 0.323 e. The highest BCUT2D eigenvalue weighted by Crippen LogP contribution is 2.23. The highest BCUT2D eigenvalue weighted by molar-refractivity contribution is 8.00. The molecule has 86 valence electrons. The minimum atomic E-state index is -1.02. The fourth-order valence-electron chi connectivity index (χ4n) is 1.47. The Morgan fingerprint density at radius 2 is 2.20 bits per heavy atom. The minimum Gasteiger partial charge on any atom is -0.480 e. The van der Waals surface area contributed by atoms with Crippen LogP contribution in [0.1, 0.15) is 13.8 Å². The summed E-state index contributed by atoms with van der Waals surface area (Å²) in [5, 5.41) is 11.2. The topological polar surface area (TPSA) is 69.6 Å². The molecule has 1 saturated heterocycles. The van der Waals surface area contributed by atoms with Gasteiger partial charge in [-0.3, -0.25) is 4.79 Å². The third kappa shape index (κ3) is 3.30. The number of carboxylic acids is 1. The van der Waals surface area contributed by atoms with E-state index in [0.717, 1.165) is 5.75 Å². The van der Waals surface area contributed by atoms with E-state index < -0.39 is 5.97 Å². The molecular formula is C9H16N2O3S. The molecule has 6 heteroatoms. The Labute approximate surface area is 93.2 Å². The Hall–Kier alpha value is -0.910. The number of carbonyl (C=O) groups excluding carboxylic acids is 1. The number of rotatable bonds is 2. The molecule has 2 amide bonds. The Kier molecular flexibility index (Phi) is 4.26. The molecule has 2 atom stereocenters. The van der Waals surface area contributed by atoms with Crippen LogP contribution >= 0.6 is 11.8 Å². The first kappa shape index (κ1) is 12.2. The molecule has 2 N–H and O–H groups in total. The van der Waals surface area contributed by atoms with Gasteiger partial charge < -0.3 is 15.3 Å². The predicted molar refractivity (Wildman–Crippen MR) is 59.1 cm³/mol. The summed E-state index contributed by atoms with van der Waals surface area (Å²) in [5.74, 6) is -0.109. The molecule has 1 aliphatic rings. The zero-order valence-corrected chi connectivity index (χ0v) is 9.71. The third-order valence-electron chi connectivity index (χ3n) is 2.54. The van der Waals surface area contributed by atoms with Crippen LogP contribution in [0.2, 0.25) is 0 Å². The Morgan fingerprint density at radius 1 is 1.53 bits per heavy atom. The number of carbonyl (C=O) groups is 2. The van der Waals surface area contributed by atoms with Crippen LogP contribution < -0.4 is 5.32 Å². The summed E-state index contributed by atoms with van der Waals surface area (Å²) >= 11 is 1.83. The fraction of sp³-hybridized carbons (Fsp3) is 0.778. The summed E-state index contributed by atoms with van der Waals surface area (Å²) in [6.07, 6.45) is 0. The Balaban J connectivity index is 2.47. The van der Waals surface area contributed by atoms with E-state index in [0.29, 0.717) is 11.8 Å². The summed E-state index contributed by atoms with van der Waals surface area (Å²) < 4.78 is 0. The summed E-state index contributed by atoms with van der Waals surface area (Å²) in [6, 6.07) is -0.130. The van der Waals surface area contributed by atoms with Gasteiger partial charge in [0.05, 0.1) is 0 Å². The second kappa shape index (κ2) is 5.25. The van der Waals surface area contributed by atoms with Crippen LogP contribution in [0.4, 0.5) is 4.79 Å². The van der Waals surface area contributed by atoms with Crippen molar-refractivity contribution in [1.82, 2.24) is 10.2 Å². The second-order valence-corrected chi connectivity index (χ2v) is 5.05. The molecule has 15 heavy (non-hydrogen) atoms. The lowest BCUT2D eigenvalue weighted by atomic mass is 10.2. The molecule has 1 aliphatic heterocycles. The molecule has 5 nitrogen and oxygen atoms in total. The molecule has 0 aliphatic carbocycles. The first-order valence-corrected chi connectivity index (χ1v) is 5.95. The smallest absolute Gasteiger partial charge is 0.323 e. The van der Waals surface area contributed by atoms with Gasteiger partial charge in [0.1, 0.15) is 6.54 Å². The molecule has 1 fully saturated rings. The van der Waals surface area contributed by atoms with Gasteiger partial charge in [0, 0.05) is 23.6 Å². The van der Waals surface area contributed by atoms with Crippen molar-refractivity contribution in [2.45, 2.75) is 25.1 Å². The standard InChI is InChI=1S/C9H16N2O3S/c1-6-7(2)15-4-3-11(6)9(14)10-5-8(12)13/h6-7H,3-5H2,1-2H3,(H,10,14)(H,12,13). The van der Waals surface area contributed by atoms with Crippen molar-refractivity contribution < 1.29 is 14.7 Å². The number of nitrogens with zero attached hydrogens (tertiary/aromatic N) is 1. The van der Waals surface area contributed by atoms with Crippen molar-refractivity contribution in [2.24, 2.45) is 0 Å². The summed E-state index contributed by atoms with van der Waals surface area (Å²) in [7, 11) is 0. The summed E-state index contributed by atoms with van der Waals surface area (Å²) in [6.45, 7) is 4.42. The number of hydrogen-bond acceptors (Lipinski definition) is 3. The van der Waals surface area contributed by atoms with Crippen molar-refractivity contribution in [2.75, 3.05) is 18.8 Å². The number of urea groups is 1. The van der Waals surface area contributed by atoms with E-state index in [1.165, 1.54) is 0 Å². The van der Waals surface area contributed by atoms with Gasteiger partial charge in [0.2, 0.25) is 0 Å². The molecule has 0 aromatic heterocycles. The van der Waals surface area contributed by atoms with Crippen LogP contribution in [0.15, 0.2) is 0 Å². The lowest BCUT2D eigenvalue weighted by molar-refractivity contribution is -0.135. The van der Waals surface area contributed by atoms with Crippen molar-refractivity contribution in [3.63, 3.8) is 0 Å². The van der Waals surface area contributed by atoms with Crippen LogP contribution in [0, 0.1) is 0 Å². The van der Waals surface area contributed by atoms with Crippen molar-refractivity contribution in [3.8, 4) is 0 Å². The average Bonchev–Trinajstić information content (AvgIpc) is 2.18. The van der Waals surface area contributed by atoms with E-state index in [9.17, 15) is 9.59 Å². The second-order valence-electron chi connectivity index (χ2n) is 3.56. The number of hydrogen-bond donors (Lipinski definition) is 2. The lowest BCUT2D eigenvalue weighted by Gasteiger charge is -2.37. The minimum absolute atomic E-state index is 0.151. The number of amides is 2. The van der Waals surface area contributed by atoms with E-state index in [2.05, 4.69) is 12.2 Å². The van der Waals surface area contributed by atoms with Crippen molar-refractivity contribution >= 4 is 23.8 Å². The van der Waals surface area contributed by atoms with Crippen LogP contribution in [0.3, 0.4) is 0 Å². The summed E-state index contributed by atoms with van der Waals surface area (Å²) in [4.78, 5) is 23.6. The van der Waals surface area contributed by atoms with Gasteiger partial charge >= 0.3 is 12.0 Å².